The molecule has 0 amide bonds. The summed E-state index contributed by atoms with van der Waals surface area (Å²) in [4.78, 5) is 21.8. The predicted molar refractivity (Wildman–Crippen MR) is 132 cm³/mol. The van der Waals surface area contributed by atoms with E-state index in [0.29, 0.717) is 36.7 Å². The fourth-order valence-electron chi connectivity index (χ4n) is 1.89. The Morgan fingerprint density at radius 2 is 1.58 bits per heavy atom. The number of esters is 2. The molecular weight excluding hydrogens is 388 g/mol. The van der Waals surface area contributed by atoms with Gasteiger partial charge in [0.1, 0.15) is 0 Å². The molecule has 0 aliphatic heterocycles. The van der Waals surface area contributed by atoms with Gasteiger partial charge in [0.25, 0.3) is 0 Å². The number of hydrogen-bond acceptors (Lipinski definition) is 4. The van der Waals surface area contributed by atoms with Gasteiger partial charge in [-0.3, -0.25) is 0 Å². The molecule has 0 spiro atoms. The monoisotopic (exact) mass is 430 g/mol. The number of benzene rings is 1. The summed E-state index contributed by atoms with van der Waals surface area (Å²) in [5.74, 6) is -0.143. The van der Waals surface area contributed by atoms with E-state index in [1.54, 1.807) is 6.92 Å². The molecule has 0 N–H and O–H groups in total. The van der Waals surface area contributed by atoms with Crippen LogP contribution in [-0.2, 0) is 19.1 Å². The standard InChI is InChI=1S/C11H20O2.C8H14O2.C8H8/c1-4-6-7-8-9-13-11(12)10(3)5-2;1-6(2)5-10-8(9)7(3)4;1-2-8-6-4-3-5-7-8/h3-9H2,1-2H3;6H,3,5H2,1-2,4H3;2-7H,1H2. The minimum absolute atomic E-state index is 0.237. The molecule has 1 aromatic rings. The van der Waals surface area contributed by atoms with E-state index in [1.807, 2.05) is 57.2 Å². The van der Waals surface area contributed by atoms with Crippen molar-refractivity contribution in [2.75, 3.05) is 13.2 Å². The normalized spacial score (nSPS) is 9.35. The second kappa shape index (κ2) is 20.6. The predicted octanol–water partition coefficient (Wildman–Crippen LogP) is 7.17. The maximum absolute atomic E-state index is 11.1. The highest BCUT2D eigenvalue weighted by molar-refractivity contribution is 5.87. The molecule has 1 aromatic carbocycles. The molecule has 0 bridgehead atoms. The van der Waals surface area contributed by atoms with Gasteiger partial charge in [0.15, 0.2) is 0 Å². The van der Waals surface area contributed by atoms with Gasteiger partial charge in [-0.1, -0.05) is 103 Å². The lowest BCUT2D eigenvalue weighted by atomic mass is 10.2. The SMILES string of the molecule is C=C(C)C(=O)OCC(C)C.C=C(CC)C(=O)OCCCCCC.C=Cc1ccccc1. The first-order chi connectivity index (χ1) is 14.7. The fourth-order valence-corrected chi connectivity index (χ4v) is 1.89. The third-order valence-electron chi connectivity index (χ3n) is 3.88. The largest absolute Gasteiger partial charge is 0.462 e. The first kappa shape index (κ1) is 30.6. The van der Waals surface area contributed by atoms with Gasteiger partial charge in [0, 0.05) is 11.1 Å². The lowest BCUT2D eigenvalue weighted by Gasteiger charge is -2.05. The van der Waals surface area contributed by atoms with Crippen molar-refractivity contribution in [2.45, 2.75) is 66.7 Å². The third-order valence-corrected chi connectivity index (χ3v) is 3.88. The number of hydrogen-bond donors (Lipinski definition) is 0. The van der Waals surface area contributed by atoms with Crippen molar-refractivity contribution in [3.05, 3.63) is 66.8 Å². The van der Waals surface area contributed by atoms with Crippen LogP contribution in [0.25, 0.3) is 6.08 Å². The minimum Gasteiger partial charge on any atom is -0.462 e. The molecule has 0 saturated heterocycles. The summed E-state index contributed by atoms with van der Waals surface area (Å²) in [6.07, 6.45) is 7.04. The Labute approximate surface area is 190 Å². The van der Waals surface area contributed by atoms with Crippen molar-refractivity contribution < 1.29 is 19.1 Å². The van der Waals surface area contributed by atoms with Gasteiger partial charge >= 0.3 is 11.9 Å². The van der Waals surface area contributed by atoms with E-state index in [4.69, 9.17) is 9.47 Å². The summed E-state index contributed by atoms with van der Waals surface area (Å²) in [5.41, 5.74) is 2.20. The molecule has 0 aliphatic carbocycles. The highest BCUT2D eigenvalue weighted by atomic mass is 16.5. The maximum Gasteiger partial charge on any atom is 0.333 e. The zero-order valence-corrected chi connectivity index (χ0v) is 20.2. The molecular formula is C27H42O4. The van der Waals surface area contributed by atoms with Crippen LogP contribution in [0.5, 0.6) is 0 Å². The van der Waals surface area contributed by atoms with Crippen LogP contribution in [0.2, 0.25) is 0 Å². The molecule has 0 saturated carbocycles. The van der Waals surface area contributed by atoms with Gasteiger partial charge in [-0.05, 0) is 31.2 Å². The molecule has 0 aromatic heterocycles. The Morgan fingerprint density at radius 1 is 0.968 bits per heavy atom. The van der Waals surface area contributed by atoms with Crippen LogP contribution < -0.4 is 0 Å². The lowest BCUT2D eigenvalue weighted by Crippen LogP contribution is -2.09. The highest BCUT2D eigenvalue weighted by Gasteiger charge is 2.04. The number of unbranched alkanes of at least 4 members (excludes halogenated alkanes) is 3. The molecule has 0 unspecified atom stereocenters. The first-order valence-corrected chi connectivity index (χ1v) is 11.0. The van der Waals surface area contributed by atoms with Gasteiger partial charge in [0.05, 0.1) is 13.2 Å². The molecule has 4 heteroatoms. The van der Waals surface area contributed by atoms with Crippen molar-refractivity contribution in [1.29, 1.82) is 0 Å². The Morgan fingerprint density at radius 3 is 2.00 bits per heavy atom. The zero-order chi connectivity index (χ0) is 24.1. The number of carbonyl (C=O) groups excluding carboxylic acids is 2. The average molecular weight is 431 g/mol. The van der Waals surface area contributed by atoms with Gasteiger partial charge in [-0.25, -0.2) is 9.59 Å². The Hall–Kier alpha value is -2.62. The van der Waals surface area contributed by atoms with E-state index in [0.717, 1.165) is 12.8 Å². The molecule has 0 atom stereocenters. The second-order valence-electron chi connectivity index (χ2n) is 7.54. The zero-order valence-electron chi connectivity index (χ0n) is 20.2. The van der Waals surface area contributed by atoms with Crippen LogP contribution in [0.15, 0.2) is 61.2 Å². The number of rotatable bonds is 11. The summed E-state index contributed by atoms with van der Waals surface area (Å²) < 4.78 is 9.83. The van der Waals surface area contributed by atoms with Crippen molar-refractivity contribution in [2.24, 2.45) is 5.92 Å². The van der Waals surface area contributed by atoms with Crippen LogP contribution in [0.1, 0.15) is 72.3 Å². The van der Waals surface area contributed by atoms with E-state index in [2.05, 4.69) is 26.7 Å². The second-order valence-corrected chi connectivity index (χ2v) is 7.54. The van der Waals surface area contributed by atoms with Crippen molar-refractivity contribution in [1.82, 2.24) is 0 Å². The molecule has 31 heavy (non-hydrogen) atoms. The molecule has 0 heterocycles. The van der Waals surface area contributed by atoms with E-state index in [-0.39, 0.29) is 11.9 Å². The van der Waals surface area contributed by atoms with Gasteiger partial charge in [0.2, 0.25) is 0 Å². The molecule has 0 radical (unpaired) electrons. The summed E-state index contributed by atoms with van der Waals surface area (Å²) >= 11 is 0. The quantitative estimate of drug-likeness (QED) is 0.212. The maximum atomic E-state index is 11.1. The lowest BCUT2D eigenvalue weighted by molar-refractivity contribution is -0.140. The van der Waals surface area contributed by atoms with Crippen molar-refractivity contribution in [3.63, 3.8) is 0 Å². The van der Waals surface area contributed by atoms with Crippen LogP contribution >= 0.6 is 0 Å². The van der Waals surface area contributed by atoms with Crippen molar-refractivity contribution >= 4 is 18.0 Å². The summed E-state index contributed by atoms with van der Waals surface area (Å²) in [5, 5.41) is 0. The number of carbonyl (C=O) groups is 2. The summed E-state index contributed by atoms with van der Waals surface area (Å²) in [6.45, 7) is 21.4. The number of ether oxygens (including phenoxy) is 2. The highest BCUT2D eigenvalue weighted by Crippen LogP contribution is 2.03. The third kappa shape index (κ3) is 20.4. The Kier molecular flexibility index (Phi) is 20.4. The summed E-state index contributed by atoms with van der Waals surface area (Å²) in [7, 11) is 0. The van der Waals surface area contributed by atoms with Gasteiger partial charge in [-0.2, -0.15) is 0 Å². The summed E-state index contributed by atoms with van der Waals surface area (Å²) in [6, 6.07) is 10.0. The van der Waals surface area contributed by atoms with Gasteiger partial charge < -0.3 is 9.47 Å². The van der Waals surface area contributed by atoms with Crippen molar-refractivity contribution in [3.8, 4) is 0 Å². The molecule has 0 fully saturated rings. The molecule has 1 rings (SSSR count). The molecule has 4 nitrogen and oxygen atoms in total. The van der Waals surface area contributed by atoms with Crippen LogP contribution in [0, 0.1) is 5.92 Å². The Balaban J connectivity index is 0. The van der Waals surface area contributed by atoms with E-state index >= 15 is 0 Å². The average Bonchev–Trinajstić information content (AvgIpc) is 2.77. The fraction of sp³-hybridized carbons (Fsp3) is 0.481. The van der Waals surface area contributed by atoms with E-state index < -0.39 is 0 Å². The van der Waals surface area contributed by atoms with Crippen LogP contribution in [0.3, 0.4) is 0 Å². The van der Waals surface area contributed by atoms with E-state index in [1.165, 1.54) is 18.4 Å². The van der Waals surface area contributed by atoms with E-state index in [9.17, 15) is 9.59 Å². The first-order valence-electron chi connectivity index (χ1n) is 11.0. The van der Waals surface area contributed by atoms with Crippen LogP contribution in [0.4, 0.5) is 0 Å². The smallest absolute Gasteiger partial charge is 0.333 e. The minimum atomic E-state index is -0.297. The molecule has 0 aliphatic rings. The van der Waals surface area contributed by atoms with Gasteiger partial charge in [-0.15, -0.1) is 0 Å². The Bertz CT molecular complexity index is 644. The molecule has 174 valence electrons. The van der Waals surface area contributed by atoms with Crippen LogP contribution in [-0.4, -0.2) is 25.2 Å². The topological polar surface area (TPSA) is 52.6 Å².